The van der Waals surface area contributed by atoms with Crippen molar-refractivity contribution in [3.63, 3.8) is 0 Å². The molecule has 0 bridgehead atoms. The minimum atomic E-state index is -0.853. The number of hydrogen-bond donors (Lipinski definition) is 2. The van der Waals surface area contributed by atoms with E-state index in [0.717, 1.165) is 11.3 Å². The number of hydrogen-bond acceptors (Lipinski definition) is 4. The summed E-state index contributed by atoms with van der Waals surface area (Å²) in [5, 5.41) is 11.8. The molecule has 0 amide bonds. The SMILES string of the molecule is COc1cc2c(cc1OC)NC(C(=O)O)C2.Cl. The minimum Gasteiger partial charge on any atom is -0.493 e. The molecule has 0 aromatic heterocycles. The molecular weight excluding hydrogens is 246 g/mol. The molecule has 1 aliphatic heterocycles. The average Bonchev–Trinajstić information content (AvgIpc) is 2.69. The molecule has 1 aliphatic rings. The van der Waals surface area contributed by atoms with Crippen LogP contribution in [0.5, 0.6) is 11.5 Å². The molecule has 2 N–H and O–H groups in total. The largest absolute Gasteiger partial charge is 0.493 e. The highest BCUT2D eigenvalue weighted by Crippen LogP contribution is 2.37. The fourth-order valence-corrected chi connectivity index (χ4v) is 1.83. The number of methoxy groups -OCH3 is 2. The fraction of sp³-hybridized carbons (Fsp3) is 0.364. The van der Waals surface area contributed by atoms with Gasteiger partial charge in [-0.3, -0.25) is 0 Å². The highest BCUT2D eigenvalue weighted by atomic mass is 35.5. The van der Waals surface area contributed by atoms with Crippen LogP contribution in [0.4, 0.5) is 5.69 Å². The van der Waals surface area contributed by atoms with Crippen LogP contribution in [0.25, 0.3) is 0 Å². The third-order valence-electron chi connectivity index (χ3n) is 2.66. The van der Waals surface area contributed by atoms with Gasteiger partial charge in [-0.05, 0) is 11.6 Å². The van der Waals surface area contributed by atoms with Gasteiger partial charge in [0.1, 0.15) is 6.04 Å². The van der Waals surface area contributed by atoms with Crippen molar-refractivity contribution in [3.8, 4) is 11.5 Å². The Balaban J connectivity index is 0.00000144. The number of carboxylic acid groups (broad SMARTS) is 1. The van der Waals surface area contributed by atoms with Crippen LogP contribution in [0.3, 0.4) is 0 Å². The van der Waals surface area contributed by atoms with Crippen molar-refractivity contribution < 1.29 is 19.4 Å². The van der Waals surface area contributed by atoms with Crippen LogP contribution in [-0.4, -0.2) is 31.3 Å². The van der Waals surface area contributed by atoms with Gasteiger partial charge in [-0.25, -0.2) is 4.79 Å². The quantitative estimate of drug-likeness (QED) is 0.862. The summed E-state index contributed by atoms with van der Waals surface area (Å²) in [6.07, 6.45) is 0.463. The summed E-state index contributed by atoms with van der Waals surface area (Å²) in [5.74, 6) is 0.364. The Kier molecular flexibility index (Phi) is 4.07. The van der Waals surface area contributed by atoms with E-state index < -0.39 is 12.0 Å². The Labute approximate surface area is 105 Å². The number of benzene rings is 1. The number of carboxylic acids is 1. The molecule has 6 heteroatoms. The normalized spacial score (nSPS) is 16.5. The molecule has 94 valence electrons. The molecule has 0 aliphatic carbocycles. The van der Waals surface area contributed by atoms with Crippen molar-refractivity contribution in [2.24, 2.45) is 0 Å². The number of aliphatic carboxylic acids is 1. The maximum atomic E-state index is 10.9. The Morgan fingerprint density at radius 3 is 2.47 bits per heavy atom. The van der Waals surface area contributed by atoms with Crippen molar-refractivity contribution in [2.75, 3.05) is 19.5 Å². The molecule has 1 aromatic carbocycles. The van der Waals surface area contributed by atoms with Crippen LogP contribution in [-0.2, 0) is 11.2 Å². The van der Waals surface area contributed by atoms with Crippen molar-refractivity contribution in [1.29, 1.82) is 0 Å². The van der Waals surface area contributed by atoms with E-state index in [9.17, 15) is 4.79 Å². The van der Waals surface area contributed by atoms with E-state index in [1.807, 2.05) is 6.07 Å². The lowest BCUT2D eigenvalue weighted by atomic mass is 10.1. The number of rotatable bonds is 3. The van der Waals surface area contributed by atoms with Crippen LogP contribution < -0.4 is 14.8 Å². The summed E-state index contributed by atoms with van der Waals surface area (Å²) in [4.78, 5) is 10.9. The molecule has 5 nitrogen and oxygen atoms in total. The monoisotopic (exact) mass is 259 g/mol. The van der Waals surface area contributed by atoms with Crippen molar-refractivity contribution in [1.82, 2.24) is 0 Å². The van der Waals surface area contributed by atoms with Crippen LogP contribution in [0.15, 0.2) is 12.1 Å². The summed E-state index contributed by atoms with van der Waals surface area (Å²) in [7, 11) is 3.11. The van der Waals surface area contributed by atoms with Gasteiger partial charge < -0.3 is 19.9 Å². The highest BCUT2D eigenvalue weighted by molar-refractivity contribution is 5.85. The standard InChI is InChI=1S/C11H13NO4.ClH/c1-15-9-4-6-3-8(11(13)14)12-7(6)5-10(9)16-2;/h4-5,8,12H,3H2,1-2H3,(H,13,14);1H. The first-order valence-electron chi connectivity index (χ1n) is 4.90. The predicted octanol–water partition coefficient (Wildman–Crippen LogP) is 1.55. The summed E-state index contributed by atoms with van der Waals surface area (Å²) in [6.45, 7) is 0. The van der Waals surface area contributed by atoms with Gasteiger partial charge >= 0.3 is 5.97 Å². The molecule has 0 spiro atoms. The van der Waals surface area contributed by atoms with Crippen molar-refractivity contribution >= 4 is 24.1 Å². The van der Waals surface area contributed by atoms with Crippen LogP contribution in [0.1, 0.15) is 5.56 Å². The van der Waals surface area contributed by atoms with Crippen molar-refractivity contribution in [3.05, 3.63) is 17.7 Å². The van der Waals surface area contributed by atoms with Gasteiger partial charge in [0.15, 0.2) is 11.5 Å². The number of anilines is 1. The molecule has 0 saturated heterocycles. The lowest BCUT2D eigenvalue weighted by Gasteiger charge is -2.09. The van der Waals surface area contributed by atoms with Crippen LogP contribution in [0, 0.1) is 0 Å². The highest BCUT2D eigenvalue weighted by Gasteiger charge is 2.27. The topological polar surface area (TPSA) is 67.8 Å². The Morgan fingerprint density at radius 2 is 1.94 bits per heavy atom. The molecular formula is C11H14ClNO4. The zero-order valence-corrected chi connectivity index (χ0v) is 10.3. The van der Waals surface area contributed by atoms with Gasteiger partial charge in [0, 0.05) is 18.2 Å². The van der Waals surface area contributed by atoms with Gasteiger partial charge in [-0.1, -0.05) is 0 Å². The zero-order valence-electron chi connectivity index (χ0n) is 9.52. The lowest BCUT2D eigenvalue weighted by molar-refractivity contribution is -0.137. The summed E-state index contributed by atoms with van der Waals surface area (Å²) in [5.41, 5.74) is 1.73. The van der Waals surface area contributed by atoms with E-state index in [1.165, 1.54) is 0 Å². The lowest BCUT2D eigenvalue weighted by Crippen LogP contribution is -2.26. The number of carbonyl (C=O) groups is 1. The summed E-state index contributed by atoms with van der Waals surface area (Å²) >= 11 is 0. The Bertz CT molecular complexity index is 403. The molecule has 1 heterocycles. The average molecular weight is 260 g/mol. The van der Waals surface area contributed by atoms with E-state index in [4.69, 9.17) is 14.6 Å². The molecule has 1 atom stereocenters. The first-order valence-corrected chi connectivity index (χ1v) is 4.90. The molecule has 2 rings (SSSR count). The number of nitrogens with one attached hydrogen (secondary N) is 1. The smallest absolute Gasteiger partial charge is 0.326 e. The van der Waals surface area contributed by atoms with Crippen LogP contribution in [0.2, 0.25) is 0 Å². The van der Waals surface area contributed by atoms with E-state index in [2.05, 4.69) is 5.32 Å². The third-order valence-corrected chi connectivity index (χ3v) is 2.66. The number of halogens is 1. The first-order chi connectivity index (χ1) is 7.65. The van der Waals surface area contributed by atoms with E-state index >= 15 is 0 Å². The second-order valence-corrected chi connectivity index (χ2v) is 3.60. The summed E-state index contributed by atoms with van der Waals surface area (Å²) < 4.78 is 10.3. The van der Waals surface area contributed by atoms with Gasteiger partial charge in [0.05, 0.1) is 14.2 Å². The van der Waals surface area contributed by atoms with E-state index in [1.54, 1.807) is 20.3 Å². The zero-order chi connectivity index (χ0) is 11.7. The summed E-state index contributed by atoms with van der Waals surface area (Å²) in [6, 6.07) is 3.01. The predicted molar refractivity (Wildman–Crippen MR) is 65.5 cm³/mol. The molecule has 1 aromatic rings. The van der Waals surface area contributed by atoms with E-state index in [0.29, 0.717) is 17.9 Å². The first kappa shape index (κ1) is 13.4. The molecule has 0 saturated carbocycles. The third kappa shape index (κ3) is 2.39. The molecule has 0 fully saturated rings. The van der Waals surface area contributed by atoms with Crippen LogP contribution >= 0.6 is 12.4 Å². The fourth-order valence-electron chi connectivity index (χ4n) is 1.83. The maximum absolute atomic E-state index is 10.9. The second kappa shape index (κ2) is 5.14. The van der Waals surface area contributed by atoms with Gasteiger partial charge in [-0.15, -0.1) is 12.4 Å². The maximum Gasteiger partial charge on any atom is 0.326 e. The van der Waals surface area contributed by atoms with Gasteiger partial charge in [0.25, 0.3) is 0 Å². The second-order valence-electron chi connectivity index (χ2n) is 3.60. The molecule has 0 radical (unpaired) electrons. The van der Waals surface area contributed by atoms with Gasteiger partial charge in [-0.2, -0.15) is 0 Å². The number of fused-ring (bicyclic) bond motifs is 1. The minimum absolute atomic E-state index is 0. The molecule has 1 unspecified atom stereocenters. The van der Waals surface area contributed by atoms with E-state index in [-0.39, 0.29) is 12.4 Å². The Hall–Kier alpha value is -1.62. The molecule has 17 heavy (non-hydrogen) atoms. The van der Waals surface area contributed by atoms with Crippen molar-refractivity contribution in [2.45, 2.75) is 12.5 Å². The number of ether oxygens (including phenoxy) is 2. The van der Waals surface area contributed by atoms with Gasteiger partial charge in [0.2, 0.25) is 0 Å². The Morgan fingerprint density at radius 1 is 1.35 bits per heavy atom.